The summed E-state index contributed by atoms with van der Waals surface area (Å²) in [4.78, 5) is 2.30. The van der Waals surface area contributed by atoms with Crippen LogP contribution >= 0.6 is 11.6 Å². The fourth-order valence-electron chi connectivity index (χ4n) is 1.95. The summed E-state index contributed by atoms with van der Waals surface area (Å²) in [5.41, 5.74) is 1.22. The Bertz CT molecular complexity index is 393. The van der Waals surface area contributed by atoms with Gasteiger partial charge in [-0.3, -0.25) is 0 Å². The van der Waals surface area contributed by atoms with Crippen molar-refractivity contribution in [1.29, 1.82) is 0 Å². The van der Waals surface area contributed by atoms with Gasteiger partial charge in [-0.25, -0.2) is 0 Å². The van der Waals surface area contributed by atoms with E-state index < -0.39 is 0 Å². The summed E-state index contributed by atoms with van der Waals surface area (Å²) in [7, 11) is 3.77. The fraction of sp³-hybridized carbons (Fsp3) is 0.571. The normalized spacial score (nSPS) is 15.1. The lowest BCUT2D eigenvalue weighted by Crippen LogP contribution is -2.30. The van der Waals surface area contributed by atoms with Gasteiger partial charge in [0.05, 0.1) is 12.1 Å². The van der Waals surface area contributed by atoms with Gasteiger partial charge in [0.1, 0.15) is 5.75 Å². The summed E-state index contributed by atoms with van der Waals surface area (Å²) in [6, 6.07) is 6.75. The SMILES string of the molecule is COc1ccc(CN(C)CCNC2CC2)cc1Cl. The van der Waals surface area contributed by atoms with E-state index in [2.05, 4.69) is 23.3 Å². The van der Waals surface area contributed by atoms with Crippen LogP contribution in [-0.2, 0) is 6.54 Å². The van der Waals surface area contributed by atoms with Crippen molar-refractivity contribution in [2.45, 2.75) is 25.4 Å². The number of halogens is 1. The van der Waals surface area contributed by atoms with E-state index in [0.29, 0.717) is 5.02 Å². The molecule has 1 aliphatic carbocycles. The largest absolute Gasteiger partial charge is 0.495 e. The van der Waals surface area contributed by atoms with Gasteiger partial charge in [-0.1, -0.05) is 17.7 Å². The van der Waals surface area contributed by atoms with Crippen molar-refractivity contribution in [2.75, 3.05) is 27.2 Å². The topological polar surface area (TPSA) is 24.5 Å². The van der Waals surface area contributed by atoms with E-state index in [0.717, 1.165) is 31.4 Å². The highest BCUT2D eigenvalue weighted by atomic mass is 35.5. The van der Waals surface area contributed by atoms with Crippen LogP contribution in [0.15, 0.2) is 18.2 Å². The van der Waals surface area contributed by atoms with Crippen molar-refractivity contribution >= 4 is 11.6 Å². The predicted octanol–water partition coefficient (Wildman–Crippen LogP) is 2.53. The second-order valence-corrected chi connectivity index (χ2v) is 5.34. The first kappa shape index (κ1) is 13.7. The molecule has 1 saturated carbocycles. The zero-order valence-corrected chi connectivity index (χ0v) is 11.8. The molecular formula is C14H21ClN2O. The molecule has 0 radical (unpaired) electrons. The fourth-order valence-corrected chi connectivity index (χ4v) is 2.23. The van der Waals surface area contributed by atoms with E-state index in [4.69, 9.17) is 16.3 Å². The number of nitrogens with one attached hydrogen (secondary N) is 1. The maximum Gasteiger partial charge on any atom is 0.137 e. The Labute approximate surface area is 114 Å². The quantitative estimate of drug-likeness (QED) is 0.823. The molecule has 0 aromatic heterocycles. The number of rotatable bonds is 7. The molecule has 0 heterocycles. The number of likely N-dealkylation sites (N-methyl/N-ethyl adjacent to an activating group) is 1. The van der Waals surface area contributed by atoms with Crippen LogP contribution in [0.1, 0.15) is 18.4 Å². The highest BCUT2D eigenvalue weighted by Gasteiger charge is 2.19. The van der Waals surface area contributed by atoms with Crippen molar-refractivity contribution in [3.63, 3.8) is 0 Å². The van der Waals surface area contributed by atoms with Crippen LogP contribution in [0.3, 0.4) is 0 Å². The van der Waals surface area contributed by atoms with Crippen molar-refractivity contribution < 1.29 is 4.74 Å². The Morgan fingerprint density at radius 1 is 1.44 bits per heavy atom. The molecule has 0 spiro atoms. The Kier molecular flexibility index (Phi) is 4.87. The Balaban J connectivity index is 1.78. The third kappa shape index (κ3) is 4.16. The second-order valence-electron chi connectivity index (χ2n) is 4.94. The van der Waals surface area contributed by atoms with Crippen LogP contribution in [-0.4, -0.2) is 38.2 Å². The van der Waals surface area contributed by atoms with Gasteiger partial charge in [-0.2, -0.15) is 0 Å². The van der Waals surface area contributed by atoms with Crippen LogP contribution < -0.4 is 10.1 Å². The molecule has 0 aliphatic heterocycles. The van der Waals surface area contributed by atoms with Gasteiger partial charge in [0.25, 0.3) is 0 Å². The van der Waals surface area contributed by atoms with E-state index in [-0.39, 0.29) is 0 Å². The highest BCUT2D eigenvalue weighted by Crippen LogP contribution is 2.25. The Hall–Kier alpha value is -0.770. The zero-order chi connectivity index (χ0) is 13.0. The molecule has 4 heteroatoms. The van der Waals surface area contributed by atoms with Crippen molar-refractivity contribution in [1.82, 2.24) is 10.2 Å². The first-order valence-electron chi connectivity index (χ1n) is 6.43. The van der Waals surface area contributed by atoms with Gasteiger partial charge in [-0.05, 0) is 37.6 Å². The lowest BCUT2D eigenvalue weighted by atomic mass is 10.2. The van der Waals surface area contributed by atoms with E-state index in [9.17, 15) is 0 Å². The summed E-state index contributed by atoms with van der Waals surface area (Å²) in [5.74, 6) is 0.735. The van der Waals surface area contributed by atoms with Gasteiger partial charge >= 0.3 is 0 Å². The third-order valence-electron chi connectivity index (χ3n) is 3.17. The average Bonchev–Trinajstić information content (AvgIpc) is 3.13. The molecule has 1 N–H and O–H groups in total. The number of methoxy groups -OCH3 is 1. The van der Waals surface area contributed by atoms with Crippen LogP contribution in [0.25, 0.3) is 0 Å². The number of hydrogen-bond donors (Lipinski definition) is 1. The minimum absolute atomic E-state index is 0.680. The molecule has 100 valence electrons. The smallest absolute Gasteiger partial charge is 0.137 e. The Morgan fingerprint density at radius 2 is 2.22 bits per heavy atom. The number of ether oxygens (including phenoxy) is 1. The van der Waals surface area contributed by atoms with Gasteiger partial charge in [-0.15, -0.1) is 0 Å². The maximum absolute atomic E-state index is 6.11. The first-order valence-corrected chi connectivity index (χ1v) is 6.81. The standard InChI is InChI=1S/C14H21ClN2O/c1-17(8-7-16-12-4-5-12)10-11-3-6-14(18-2)13(15)9-11/h3,6,9,12,16H,4-5,7-8,10H2,1-2H3. The maximum atomic E-state index is 6.11. The molecule has 1 aliphatic rings. The molecule has 3 nitrogen and oxygen atoms in total. The third-order valence-corrected chi connectivity index (χ3v) is 3.47. The predicted molar refractivity (Wildman–Crippen MR) is 75.4 cm³/mol. The summed E-state index contributed by atoms with van der Waals surface area (Å²) >= 11 is 6.11. The van der Waals surface area contributed by atoms with Gasteiger partial charge < -0.3 is 15.0 Å². The van der Waals surface area contributed by atoms with Crippen LogP contribution in [0, 0.1) is 0 Å². The van der Waals surface area contributed by atoms with Crippen LogP contribution in [0.2, 0.25) is 5.02 Å². The summed E-state index contributed by atoms with van der Waals surface area (Å²) in [6.07, 6.45) is 2.69. The minimum atomic E-state index is 0.680. The molecule has 1 aromatic rings. The second kappa shape index (κ2) is 6.41. The number of nitrogens with zero attached hydrogens (tertiary/aromatic N) is 1. The molecular weight excluding hydrogens is 248 g/mol. The summed E-state index contributed by atoms with van der Waals surface area (Å²) in [6.45, 7) is 3.03. The average molecular weight is 269 g/mol. The van der Waals surface area contributed by atoms with Crippen LogP contribution in [0.5, 0.6) is 5.75 Å². The molecule has 0 saturated heterocycles. The summed E-state index contributed by atoms with van der Waals surface area (Å²) < 4.78 is 5.15. The van der Waals surface area contributed by atoms with E-state index in [1.807, 2.05) is 12.1 Å². The van der Waals surface area contributed by atoms with Crippen molar-refractivity contribution in [3.05, 3.63) is 28.8 Å². The molecule has 0 amide bonds. The Morgan fingerprint density at radius 3 is 2.83 bits per heavy atom. The molecule has 1 aromatic carbocycles. The van der Waals surface area contributed by atoms with Gasteiger partial charge in [0, 0.05) is 25.7 Å². The molecule has 0 bridgehead atoms. The summed E-state index contributed by atoms with van der Waals surface area (Å²) in [5, 5.41) is 4.20. The first-order chi connectivity index (χ1) is 8.69. The van der Waals surface area contributed by atoms with E-state index in [1.165, 1.54) is 18.4 Å². The lowest BCUT2D eigenvalue weighted by Gasteiger charge is -2.17. The lowest BCUT2D eigenvalue weighted by molar-refractivity contribution is 0.323. The zero-order valence-electron chi connectivity index (χ0n) is 11.1. The van der Waals surface area contributed by atoms with Gasteiger partial charge in [0.2, 0.25) is 0 Å². The monoisotopic (exact) mass is 268 g/mol. The minimum Gasteiger partial charge on any atom is -0.495 e. The van der Waals surface area contributed by atoms with Crippen LogP contribution in [0.4, 0.5) is 0 Å². The molecule has 0 atom stereocenters. The van der Waals surface area contributed by atoms with Gasteiger partial charge in [0.15, 0.2) is 0 Å². The van der Waals surface area contributed by atoms with E-state index in [1.54, 1.807) is 7.11 Å². The highest BCUT2D eigenvalue weighted by molar-refractivity contribution is 6.32. The van der Waals surface area contributed by atoms with Crippen molar-refractivity contribution in [2.24, 2.45) is 0 Å². The molecule has 18 heavy (non-hydrogen) atoms. The molecule has 1 fully saturated rings. The number of benzene rings is 1. The molecule has 2 rings (SSSR count). The molecule has 0 unspecified atom stereocenters. The van der Waals surface area contributed by atoms with Crippen molar-refractivity contribution in [3.8, 4) is 5.75 Å². The number of hydrogen-bond acceptors (Lipinski definition) is 3. The van der Waals surface area contributed by atoms with E-state index >= 15 is 0 Å².